The third kappa shape index (κ3) is 3.43. The van der Waals surface area contributed by atoms with Gasteiger partial charge in [0.25, 0.3) is 0 Å². The summed E-state index contributed by atoms with van der Waals surface area (Å²) >= 11 is 0. The van der Waals surface area contributed by atoms with Crippen LogP contribution in [0.3, 0.4) is 0 Å². The Morgan fingerprint density at radius 3 is 2.41 bits per heavy atom. The molecular weight excluding hydrogens is 212 g/mol. The van der Waals surface area contributed by atoms with Gasteiger partial charge in [0.1, 0.15) is 0 Å². The Kier molecular flexibility index (Phi) is 4.46. The molecule has 2 N–H and O–H groups in total. The molecule has 1 aromatic rings. The fourth-order valence-corrected chi connectivity index (χ4v) is 1.80. The third-order valence-corrected chi connectivity index (χ3v) is 2.66. The topological polar surface area (TPSA) is 46.3 Å². The van der Waals surface area contributed by atoms with Crippen molar-refractivity contribution in [1.29, 1.82) is 0 Å². The number of anilines is 1. The minimum Gasteiger partial charge on any atom is -0.320 e. The smallest absolute Gasteiger partial charge is 0.243 e. The van der Waals surface area contributed by atoms with Crippen LogP contribution in [0.4, 0.5) is 5.69 Å². The Bertz CT molecular complexity index is 406. The number of likely N-dealkylation sites (N-methyl/N-ethyl adjacent to an activating group) is 1. The molecule has 0 spiro atoms. The molecule has 0 radical (unpaired) electrons. The summed E-state index contributed by atoms with van der Waals surface area (Å²) < 4.78 is 0. The predicted octanol–water partition coefficient (Wildman–Crippen LogP) is 2.17. The zero-order chi connectivity index (χ0) is 13.0. The highest BCUT2D eigenvalue weighted by Crippen LogP contribution is 2.18. The number of carbonyl (C=O) groups excluding carboxylic acids is 1. The Balaban J connectivity index is 2.91. The van der Waals surface area contributed by atoms with E-state index >= 15 is 0 Å². The Hall–Kier alpha value is -1.61. The highest BCUT2D eigenvalue weighted by Gasteiger charge is 2.18. The Morgan fingerprint density at radius 1 is 1.41 bits per heavy atom. The molecule has 0 aliphatic heterocycles. The molecule has 1 amide bonds. The molecule has 1 aromatic carbocycles. The van der Waals surface area contributed by atoms with Crippen molar-refractivity contribution in [2.24, 2.45) is 5.73 Å². The zero-order valence-corrected chi connectivity index (χ0v) is 10.7. The first kappa shape index (κ1) is 13.5. The van der Waals surface area contributed by atoms with Crippen LogP contribution in [0.15, 0.2) is 30.9 Å². The van der Waals surface area contributed by atoms with Crippen LogP contribution in [0.5, 0.6) is 0 Å². The van der Waals surface area contributed by atoms with E-state index < -0.39 is 6.04 Å². The summed E-state index contributed by atoms with van der Waals surface area (Å²) in [5.74, 6) is -0.0881. The molecule has 1 unspecified atom stereocenters. The average Bonchev–Trinajstić information content (AvgIpc) is 2.26. The maximum Gasteiger partial charge on any atom is 0.243 e. The van der Waals surface area contributed by atoms with E-state index in [4.69, 9.17) is 5.73 Å². The summed E-state index contributed by atoms with van der Waals surface area (Å²) in [6.45, 7) is 7.62. The Labute approximate surface area is 103 Å². The number of rotatable bonds is 4. The summed E-state index contributed by atoms with van der Waals surface area (Å²) in [6, 6.07) is 5.51. The average molecular weight is 232 g/mol. The van der Waals surface area contributed by atoms with Crippen molar-refractivity contribution in [3.05, 3.63) is 42.0 Å². The third-order valence-electron chi connectivity index (χ3n) is 2.66. The van der Waals surface area contributed by atoms with Gasteiger partial charge in [-0.05, 0) is 43.5 Å². The Morgan fingerprint density at radius 2 is 1.94 bits per heavy atom. The highest BCUT2D eigenvalue weighted by atomic mass is 16.2. The van der Waals surface area contributed by atoms with E-state index in [0.717, 1.165) is 16.8 Å². The van der Waals surface area contributed by atoms with Crippen LogP contribution < -0.4 is 10.6 Å². The van der Waals surface area contributed by atoms with E-state index in [-0.39, 0.29) is 5.91 Å². The second-order valence-electron chi connectivity index (χ2n) is 4.37. The zero-order valence-electron chi connectivity index (χ0n) is 10.7. The summed E-state index contributed by atoms with van der Waals surface area (Å²) in [4.78, 5) is 13.6. The molecular formula is C14H20N2O. The van der Waals surface area contributed by atoms with Gasteiger partial charge in [0.2, 0.25) is 5.91 Å². The van der Waals surface area contributed by atoms with Crippen LogP contribution in [0.1, 0.15) is 17.5 Å². The number of amides is 1. The number of nitrogens with zero attached hydrogens (tertiary/aromatic N) is 1. The van der Waals surface area contributed by atoms with E-state index in [0.29, 0.717) is 6.42 Å². The number of carbonyl (C=O) groups is 1. The molecule has 0 aliphatic carbocycles. The van der Waals surface area contributed by atoms with Gasteiger partial charge in [0.15, 0.2) is 0 Å². The number of hydrogen-bond acceptors (Lipinski definition) is 2. The van der Waals surface area contributed by atoms with E-state index in [1.165, 1.54) is 0 Å². The fraction of sp³-hybridized carbons (Fsp3) is 0.357. The van der Waals surface area contributed by atoms with Gasteiger partial charge in [0.05, 0.1) is 6.04 Å². The van der Waals surface area contributed by atoms with Gasteiger partial charge in [0, 0.05) is 12.7 Å². The lowest BCUT2D eigenvalue weighted by Gasteiger charge is -2.21. The molecule has 92 valence electrons. The number of hydrogen-bond donors (Lipinski definition) is 1. The summed E-state index contributed by atoms with van der Waals surface area (Å²) in [5.41, 5.74) is 8.93. The molecule has 0 saturated heterocycles. The lowest BCUT2D eigenvalue weighted by Crippen LogP contribution is -2.41. The molecule has 1 rings (SSSR count). The fourth-order valence-electron chi connectivity index (χ4n) is 1.80. The lowest BCUT2D eigenvalue weighted by atomic mass is 10.1. The molecule has 1 atom stereocenters. The first-order valence-corrected chi connectivity index (χ1v) is 5.68. The largest absolute Gasteiger partial charge is 0.320 e. The summed E-state index contributed by atoms with van der Waals surface area (Å²) in [5, 5.41) is 0. The van der Waals surface area contributed by atoms with Crippen molar-refractivity contribution in [3.63, 3.8) is 0 Å². The van der Waals surface area contributed by atoms with Gasteiger partial charge in [-0.1, -0.05) is 12.1 Å². The summed E-state index contributed by atoms with van der Waals surface area (Å²) in [6.07, 6.45) is 2.16. The SMILES string of the molecule is C=CCC(N)C(=O)N(C)c1cc(C)cc(C)c1. The number of aryl methyl sites for hydroxylation is 2. The molecule has 17 heavy (non-hydrogen) atoms. The lowest BCUT2D eigenvalue weighted by molar-refractivity contribution is -0.119. The van der Waals surface area contributed by atoms with Crippen molar-refractivity contribution in [2.45, 2.75) is 26.3 Å². The second kappa shape index (κ2) is 5.64. The summed E-state index contributed by atoms with van der Waals surface area (Å²) in [7, 11) is 1.75. The van der Waals surface area contributed by atoms with Gasteiger partial charge in [-0.2, -0.15) is 0 Å². The van der Waals surface area contributed by atoms with Gasteiger partial charge >= 0.3 is 0 Å². The molecule has 0 heterocycles. The monoisotopic (exact) mass is 232 g/mol. The number of benzene rings is 1. The van der Waals surface area contributed by atoms with Gasteiger partial charge in [-0.15, -0.1) is 6.58 Å². The van der Waals surface area contributed by atoms with Crippen molar-refractivity contribution < 1.29 is 4.79 Å². The minimum absolute atomic E-state index is 0.0881. The van der Waals surface area contributed by atoms with Gasteiger partial charge in [-0.25, -0.2) is 0 Å². The second-order valence-corrected chi connectivity index (χ2v) is 4.37. The van der Waals surface area contributed by atoms with E-state index in [1.807, 2.05) is 26.0 Å². The molecule has 0 fully saturated rings. The van der Waals surface area contributed by atoms with Crippen molar-refractivity contribution >= 4 is 11.6 Å². The van der Waals surface area contributed by atoms with Gasteiger partial charge < -0.3 is 10.6 Å². The van der Waals surface area contributed by atoms with Crippen LogP contribution in [0.25, 0.3) is 0 Å². The molecule has 0 aliphatic rings. The quantitative estimate of drug-likeness (QED) is 0.809. The molecule has 0 bridgehead atoms. The van der Waals surface area contributed by atoms with Gasteiger partial charge in [-0.3, -0.25) is 4.79 Å². The van der Waals surface area contributed by atoms with Crippen molar-refractivity contribution in [1.82, 2.24) is 0 Å². The normalized spacial score (nSPS) is 12.0. The minimum atomic E-state index is -0.515. The molecule has 3 heteroatoms. The maximum absolute atomic E-state index is 12.0. The first-order valence-electron chi connectivity index (χ1n) is 5.68. The predicted molar refractivity (Wildman–Crippen MR) is 72.1 cm³/mol. The van der Waals surface area contributed by atoms with Crippen LogP contribution in [-0.2, 0) is 4.79 Å². The van der Waals surface area contributed by atoms with Crippen LogP contribution >= 0.6 is 0 Å². The van der Waals surface area contributed by atoms with Crippen LogP contribution in [-0.4, -0.2) is 19.0 Å². The first-order chi connectivity index (χ1) is 7.95. The molecule has 3 nitrogen and oxygen atoms in total. The van der Waals surface area contributed by atoms with E-state index in [9.17, 15) is 4.79 Å². The van der Waals surface area contributed by atoms with Crippen LogP contribution in [0, 0.1) is 13.8 Å². The van der Waals surface area contributed by atoms with Crippen molar-refractivity contribution in [2.75, 3.05) is 11.9 Å². The highest BCUT2D eigenvalue weighted by molar-refractivity contribution is 5.96. The number of nitrogens with two attached hydrogens (primary N) is 1. The van der Waals surface area contributed by atoms with Crippen LogP contribution in [0.2, 0.25) is 0 Å². The van der Waals surface area contributed by atoms with E-state index in [1.54, 1.807) is 18.0 Å². The maximum atomic E-state index is 12.0. The van der Waals surface area contributed by atoms with E-state index in [2.05, 4.69) is 12.6 Å². The standard InChI is InChI=1S/C14H20N2O/c1-5-6-13(15)14(17)16(4)12-8-10(2)7-11(3)9-12/h5,7-9,13H,1,6,15H2,2-4H3. The molecule has 0 aromatic heterocycles. The van der Waals surface area contributed by atoms with Crippen molar-refractivity contribution in [3.8, 4) is 0 Å². The molecule has 0 saturated carbocycles.